The van der Waals surface area contributed by atoms with Crippen LogP contribution in [0.3, 0.4) is 0 Å². The highest BCUT2D eigenvalue weighted by Gasteiger charge is 2.25. The molecule has 1 atom stereocenters. The molecule has 3 aromatic heterocycles. The quantitative estimate of drug-likeness (QED) is 0.644. The molecule has 3 aromatic rings. The molecule has 4 heterocycles. The van der Waals surface area contributed by atoms with E-state index in [4.69, 9.17) is 9.26 Å². The Morgan fingerprint density at radius 3 is 2.63 bits per heavy atom. The van der Waals surface area contributed by atoms with E-state index in [1.165, 1.54) is 11.3 Å². The molecule has 10 heteroatoms. The zero-order valence-electron chi connectivity index (χ0n) is 17.3. The highest BCUT2D eigenvalue weighted by atomic mass is 16.6. The van der Waals surface area contributed by atoms with Gasteiger partial charge in [0.2, 0.25) is 17.7 Å². The van der Waals surface area contributed by atoms with Crippen molar-refractivity contribution >= 4 is 17.9 Å². The lowest BCUT2D eigenvalue weighted by molar-refractivity contribution is 0.181. The third-order valence-electron chi connectivity index (χ3n) is 4.02. The lowest BCUT2D eigenvalue weighted by atomic mass is 10.2. The van der Waals surface area contributed by atoms with Gasteiger partial charge in [-0.1, -0.05) is 38.4 Å². The molecule has 158 valence electrons. The third kappa shape index (κ3) is 5.07. The SMILES string of the molecule is CCC.CCC(Nc1nccc(N2CCOC2=O)n1)c1nc(-c2ccccn2)no1. The van der Waals surface area contributed by atoms with Gasteiger partial charge in [-0.05, 0) is 24.6 Å². The predicted octanol–water partition coefficient (Wildman–Crippen LogP) is 3.86. The zero-order chi connectivity index (χ0) is 21.3. The van der Waals surface area contributed by atoms with Crippen molar-refractivity contribution in [2.24, 2.45) is 0 Å². The number of carbonyl (C=O) groups is 1. The molecule has 0 saturated carbocycles. The van der Waals surface area contributed by atoms with Crippen LogP contribution in [0.5, 0.6) is 0 Å². The van der Waals surface area contributed by atoms with E-state index in [0.717, 1.165) is 0 Å². The minimum Gasteiger partial charge on any atom is -0.447 e. The average Bonchev–Trinajstić information content (AvgIpc) is 3.43. The smallest absolute Gasteiger partial charge is 0.415 e. The Balaban J connectivity index is 0.000000806. The Hall–Kier alpha value is -3.56. The number of pyridine rings is 1. The van der Waals surface area contributed by atoms with Gasteiger partial charge in [-0.15, -0.1) is 0 Å². The summed E-state index contributed by atoms with van der Waals surface area (Å²) in [6.07, 6.45) is 4.76. The van der Waals surface area contributed by atoms with E-state index in [2.05, 4.69) is 44.3 Å². The average molecular weight is 411 g/mol. The number of ether oxygens (including phenoxy) is 1. The standard InChI is InChI=1S/C17H17N7O3.C3H8/c1-2-11(15-22-14(23-27-15)12-5-3-4-7-18-12)20-16-19-8-6-13(21-16)24-9-10-26-17(24)25;1-3-2/h3-8,11H,2,9-10H2,1H3,(H,19,20,21);3H2,1-2H3. The summed E-state index contributed by atoms with van der Waals surface area (Å²) in [5.41, 5.74) is 0.633. The predicted molar refractivity (Wildman–Crippen MR) is 111 cm³/mol. The van der Waals surface area contributed by atoms with Crippen LogP contribution in [-0.4, -0.2) is 44.3 Å². The van der Waals surface area contributed by atoms with Crippen molar-refractivity contribution in [3.63, 3.8) is 0 Å². The number of hydrogen-bond donors (Lipinski definition) is 1. The van der Waals surface area contributed by atoms with Crippen LogP contribution in [0, 0.1) is 0 Å². The molecule has 1 N–H and O–H groups in total. The van der Waals surface area contributed by atoms with Crippen LogP contribution in [0.4, 0.5) is 16.6 Å². The number of amides is 1. The summed E-state index contributed by atoms with van der Waals surface area (Å²) in [5, 5.41) is 7.16. The Morgan fingerprint density at radius 2 is 1.97 bits per heavy atom. The molecule has 30 heavy (non-hydrogen) atoms. The normalized spacial score (nSPS) is 14.0. The van der Waals surface area contributed by atoms with Gasteiger partial charge >= 0.3 is 6.09 Å². The van der Waals surface area contributed by atoms with Crippen molar-refractivity contribution in [2.75, 3.05) is 23.4 Å². The van der Waals surface area contributed by atoms with Gasteiger partial charge in [0.05, 0.1) is 6.54 Å². The molecule has 10 nitrogen and oxygen atoms in total. The maximum atomic E-state index is 11.7. The van der Waals surface area contributed by atoms with Gasteiger partial charge in [0.1, 0.15) is 24.2 Å². The number of carbonyl (C=O) groups excluding carboxylic acids is 1. The van der Waals surface area contributed by atoms with Gasteiger partial charge in [-0.3, -0.25) is 9.88 Å². The maximum Gasteiger partial charge on any atom is 0.415 e. The molecule has 1 saturated heterocycles. The van der Waals surface area contributed by atoms with E-state index in [9.17, 15) is 4.79 Å². The van der Waals surface area contributed by atoms with E-state index >= 15 is 0 Å². The van der Waals surface area contributed by atoms with Crippen LogP contribution < -0.4 is 10.2 Å². The van der Waals surface area contributed by atoms with Crippen molar-refractivity contribution in [3.05, 3.63) is 42.5 Å². The molecule has 0 spiro atoms. The first kappa shape index (κ1) is 21.2. The monoisotopic (exact) mass is 411 g/mol. The van der Waals surface area contributed by atoms with Gasteiger partial charge in [0.25, 0.3) is 0 Å². The Labute approximate surface area is 174 Å². The summed E-state index contributed by atoms with van der Waals surface area (Å²) in [6.45, 7) is 7.04. The first-order valence-corrected chi connectivity index (χ1v) is 9.95. The second-order valence-corrected chi connectivity index (χ2v) is 6.49. The van der Waals surface area contributed by atoms with Crippen molar-refractivity contribution < 1.29 is 14.1 Å². The van der Waals surface area contributed by atoms with Gasteiger partial charge in [-0.2, -0.15) is 9.97 Å². The topological polar surface area (TPSA) is 119 Å². The summed E-state index contributed by atoms with van der Waals surface area (Å²) in [7, 11) is 0. The fourth-order valence-electron chi connectivity index (χ4n) is 2.64. The molecule has 0 aliphatic carbocycles. The van der Waals surface area contributed by atoms with Crippen LogP contribution >= 0.6 is 0 Å². The number of cyclic esters (lactones) is 1. The first-order valence-electron chi connectivity index (χ1n) is 9.95. The van der Waals surface area contributed by atoms with E-state index in [-0.39, 0.29) is 6.04 Å². The summed E-state index contributed by atoms with van der Waals surface area (Å²) >= 11 is 0. The molecular weight excluding hydrogens is 386 g/mol. The van der Waals surface area contributed by atoms with Crippen LogP contribution in [-0.2, 0) is 4.74 Å². The van der Waals surface area contributed by atoms with E-state index in [1.807, 2.05) is 25.1 Å². The van der Waals surface area contributed by atoms with Crippen molar-refractivity contribution in [2.45, 2.75) is 39.7 Å². The molecule has 1 aliphatic rings. The Bertz CT molecular complexity index is 948. The number of nitrogens with zero attached hydrogens (tertiary/aromatic N) is 6. The largest absolute Gasteiger partial charge is 0.447 e. The van der Waals surface area contributed by atoms with Crippen molar-refractivity contribution in [1.82, 2.24) is 25.1 Å². The number of anilines is 2. The highest BCUT2D eigenvalue weighted by Crippen LogP contribution is 2.23. The molecule has 1 aliphatic heterocycles. The minimum atomic E-state index is -0.413. The first-order chi connectivity index (χ1) is 14.7. The highest BCUT2D eigenvalue weighted by molar-refractivity contribution is 5.88. The third-order valence-corrected chi connectivity index (χ3v) is 4.02. The van der Waals surface area contributed by atoms with Gasteiger partial charge in [-0.25, -0.2) is 9.78 Å². The van der Waals surface area contributed by atoms with Gasteiger partial charge < -0.3 is 14.6 Å². The second kappa shape index (κ2) is 10.3. The molecule has 1 unspecified atom stereocenters. The Kier molecular flexibility index (Phi) is 7.25. The molecular formula is C20H25N7O3. The number of rotatable bonds is 6. The van der Waals surface area contributed by atoms with E-state index in [1.54, 1.807) is 18.5 Å². The summed E-state index contributed by atoms with van der Waals surface area (Å²) in [4.78, 5) is 30.4. The maximum absolute atomic E-state index is 11.7. The number of nitrogens with one attached hydrogen (secondary N) is 1. The molecule has 0 radical (unpaired) electrons. The van der Waals surface area contributed by atoms with Crippen molar-refractivity contribution in [1.29, 1.82) is 0 Å². The van der Waals surface area contributed by atoms with Gasteiger partial charge in [0, 0.05) is 12.4 Å². The van der Waals surface area contributed by atoms with Crippen LogP contribution in [0.15, 0.2) is 41.2 Å². The zero-order valence-corrected chi connectivity index (χ0v) is 17.3. The summed E-state index contributed by atoms with van der Waals surface area (Å²) in [6, 6.07) is 6.86. The fraction of sp³-hybridized carbons (Fsp3) is 0.400. The Morgan fingerprint density at radius 1 is 1.13 bits per heavy atom. The molecule has 1 amide bonds. The molecule has 0 bridgehead atoms. The van der Waals surface area contributed by atoms with E-state index in [0.29, 0.717) is 48.7 Å². The van der Waals surface area contributed by atoms with Crippen LogP contribution in [0.1, 0.15) is 45.5 Å². The molecule has 0 aromatic carbocycles. The number of hydrogen-bond acceptors (Lipinski definition) is 9. The summed E-state index contributed by atoms with van der Waals surface area (Å²) in [5.74, 6) is 1.66. The van der Waals surface area contributed by atoms with Crippen LogP contribution in [0.2, 0.25) is 0 Å². The van der Waals surface area contributed by atoms with Gasteiger partial charge in [0.15, 0.2) is 0 Å². The lowest BCUT2D eigenvalue weighted by Gasteiger charge is -2.15. The summed E-state index contributed by atoms with van der Waals surface area (Å²) < 4.78 is 10.3. The fourth-order valence-corrected chi connectivity index (χ4v) is 2.64. The minimum absolute atomic E-state index is 0.282. The molecule has 1 fully saturated rings. The van der Waals surface area contributed by atoms with Crippen LogP contribution in [0.25, 0.3) is 11.5 Å². The van der Waals surface area contributed by atoms with E-state index < -0.39 is 6.09 Å². The number of aromatic nitrogens is 5. The lowest BCUT2D eigenvalue weighted by Crippen LogP contribution is -2.25. The molecule has 4 rings (SSSR count). The second-order valence-electron chi connectivity index (χ2n) is 6.49. The van der Waals surface area contributed by atoms with Crippen molar-refractivity contribution in [3.8, 4) is 11.5 Å².